The number of aromatic nitrogens is 1. The Morgan fingerprint density at radius 1 is 1.05 bits per heavy atom. The number of pyridine rings is 1. The Morgan fingerprint density at radius 3 is 2.57 bits per heavy atom. The lowest BCUT2D eigenvalue weighted by Crippen LogP contribution is -2.04. The summed E-state index contributed by atoms with van der Waals surface area (Å²) >= 11 is 3.43. The number of nitrogens with two attached hydrogens (primary N) is 1. The van der Waals surface area contributed by atoms with Gasteiger partial charge in [0.25, 0.3) is 0 Å². The van der Waals surface area contributed by atoms with E-state index in [1.807, 2.05) is 48.5 Å². The number of rotatable bonds is 4. The number of fused-ring (bicyclic) bond motifs is 1. The van der Waals surface area contributed by atoms with Crippen LogP contribution in [0.1, 0.15) is 11.1 Å². The average molecular weight is 343 g/mol. The molecule has 0 fully saturated rings. The van der Waals surface area contributed by atoms with Crippen molar-refractivity contribution >= 4 is 26.8 Å². The summed E-state index contributed by atoms with van der Waals surface area (Å²) in [6.07, 6.45) is 1.79. The van der Waals surface area contributed by atoms with Crippen molar-refractivity contribution in [2.45, 2.75) is 13.2 Å². The molecule has 0 aliphatic rings. The van der Waals surface area contributed by atoms with E-state index >= 15 is 0 Å². The first-order valence-corrected chi connectivity index (χ1v) is 7.51. The second kappa shape index (κ2) is 6.24. The summed E-state index contributed by atoms with van der Waals surface area (Å²) in [7, 11) is 0. The number of para-hydroxylation sites is 1. The van der Waals surface area contributed by atoms with Gasteiger partial charge in [-0.3, -0.25) is 4.98 Å². The minimum Gasteiger partial charge on any atom is -0.488 e. The van der Waals surface area contributed by atoms with E-state index in [1.54, 1.807) is 6.20 Å². The minimum atomic E-state index is 0.410. The number of benzene rings is 2. The number of nitrogens with zero attached hydrogens (tertiary/aromatic N) is 1. The zero-order valence-corrected chi connectivity index (χ0v) is 13.0. The van der Waals surface area contributed by atoms with Gasteiger partial charge >= 0.3 is 0 Å². The van der Waals surface area contributed by atoms with Gasteiger partial charge in [-0.25, -0.2) is 0 Å². The van der Waals surface area contributed by atoms with E-state index in [-0.39, 0.29) is 0 Å². The highest BCUT2D eigenvalue weighted by atomic mass is 79.9. The van der Waals surface area contributed by atoms with Crippen LogP contribution in [0.25, 0.3) is 10.9 Å². The normalized spacial score (nSPS) is 10.8. The van der Waals surface area contributed by atoms with Gasteiger partial charge in [0.1, 0.15) is 12.4 Å². The molecule has 3 nitrogen and oxygen atoms in total. The van der Waals surface area contributed by atoms with Crippen LogP contribution in [0, 0.1) is 0 Å². The molecule has 21 heavy (non-hydrogen) atoms. The van der Waals surface area contributed by atoms with E-state index in [9.17, 15) is 0 Å². The molecule has 0 saturated heterocycles. The number of hydrogen-bond donors (Lipinski definition) is 1. The highest BCUT2D eigenvalue weighted by Crippen LogP contribution is 2.28. The Labute approximate surface area is 131 Å². The van der Waals surface area contributed by atoms with Gasteiger partial charge in [0, 0.05) is 28.2 Å². The molecule has 0 radical (unpaired) electrons. The van der Waals surface area contributed by atoms with Gasteiger partial charge in [0.15, 0.2) is 0 Å². The van der Waals surface area contributed by atoms with Crippen LogP contribution >= 0.6 is 15.9 Å². The largest absolute Gasteiger partial charge is 0.488 e. The lowest BCUT2D eigenvalue weighted by atomic mass is 10.1. The summed E-state index contributed by atoms with van der Waals surface area (Å²) in [5.41, 5.74) is 8.76. The van der Waals surface area contributed by atoms with Crippen LogP contribution in [-0.2, 0) is 13.2 Å². The van der Waals surface area contributed by atoms with E-state index in [1.165, 1.54) is 0 Å². The molecule has 106 valence electrons. The maximum atomic E-state index is 6.03. The van der Waals surface area contributed by atoms with E-state index < -0.39 is 0 Å². The fourth-order valence-corrected chi connectivity index (χ4v) is 2.47. The maximum Gasteiger partial charge on any atom is 0.135 e. The van der Waals surface area contributed by atoms with Gasteiger partial charge in [-0.1, -0.05) is 40.2 Å². The zero-order chi connectivity index (χ0) is 14.7. The van der Waals surface area contributed by atoms with Crippen LogP contribution in [0.15, 0.2) is 59.2 Å². The average Bonchev–Trinajstić information content (AvgIpc) is 2.54. The van der Waals surface area contributed by atoms with Crippen LogP contribution in [0.4, 0.5) is 0 Å². The van der Waals surface area contributed by atoms with Gasteiger partial charge < -0.3 is 10.5 Å². The SMILES string of the molecule is NCc1cnc2ccccc2c1OCc1ccc(Br)cc1. The second-order valence-electron chi connectivity index (χ2n) is 4.75. The molecule has 0 aliphatic carbocycles. The monoisotopic (exact) mass is 342 g/mol. The van der Waals surface area contributed by atoms with Crippen LogP contribution in [0.2, 0.25) is 0 Å². The molecular formula is C17H15BrN2O. The smallest absolute Gasteiger partial charge is 0.135 e. The minimum absolute atomic E-state index is 0.410. The van der Waals surface area contributed by atoms with Gasteiger partial charge in [0.05, 0.1) is 5.52 Å². The highest BCUT2D eigenvalue weighted by Gasteiger charge is 2.09. The fraction of sp³-hybridized carbons (Fsp3) is 0.118. The quantitative estimate of drug-likeness (QED) is 0.778. The van der Waals surface area contributed by atoms with Crippen molar-refractivity contribution in [2.75, 3.05) is 0 Å². The molecule has 0 atom stereocenters. The van der Waals surface area contributed by atoms with Crippen molar-refractivity contribution in [3.05, 3.63) is 70.3 Å². The van der Waals surface area contributed by atoms with Crippen molar-refractivity contribution in [2.24, 2.45) is 5.73 Å². The maximum absolute atomic E-state index is 6.03. The topological polar surface area (TPSA) is 48.1 Å². The molecule has 3 rings (SSSR count). The summed E-state index contributed by atoms with van der Waals surface area (Å²) in [6, 6.07) is 16.0. The molecule has 0 amide bonds. The van der Waals surface area contributed by atoms with Crippen molar-refractivity contribution < 1.29 is 4.74 Å². The highest BCUT2D eigenvalue weighted by molar-refractivity contribution is 9.10. The zero-order valence-electron chi connectivity index (χ0n) is 11.4. The first-order chi connectivity index (χ1) is 10.3. The molecule has 0 spiro atoms. The van der Waals surface area contributed by atoms with Crippen LogP contribution in [0.5, 0.6) is 5.75 Å². The summed E-state index contributed by atoms with van der Waals surface area (Å²) in [6.45, 7) is 0.918. The molecule has 4 heteroatoms. The van der Waals surface area contributed by atoms with Gasteiger partial charge in [-0.15, -0.1) is 0 Å². The third-order valence-electron chi connectivity index (χ3n) is 3.32. The summed E-state index contributed by atoms with van der Waals surface area (Å²) < 4.78 is 7.09. The van der Waals surface area contributed by atoms with Crippen molar-refractivity contribution in [1.29, 1.82) is 0 Å². The fourth-order valence-electron chi connectivity index (χ4n) is 2.21. The second-order valence-corrected chi connectivity index (χ2v) is 5.66. The molecule has 0 bridgehead atoms. The van der Waals surface area contributed by atoms with Gasteiger partial charge in [0.2, 0.25) is 0 Å². The number of halogens is 1. The first kappa shape index (κ1) is 14.0. The first-order valence-electron chi connectivity index (χ1n) is 6.72. The van der Waals surface area contributed by atoms with E-state index in [2.05, 4.69) is 20.9 Å². The molecule has 2 aromatic carbocycles. The predicted octanol–water partition coefficient (Wildman–Crippen LogP) is 4.04. The van der Waals surface area contributed by atoms with Crippen LogP contribution in [0.3, 0.4) is 0 Å². The van der Waals surface area contributed by atoms with Crippen molar-refractivity contribution in [3.8, 4) is 5.75 Å². The Balaban J connectivity index is 1.93. The Bertz CT molecular complexity index is 756. The van der Waals surface area contributed by atoms with Crippen molar-refractivity contribution in [3.63, 3.8) is 0 Å². The molecule has 0 aliphatic heterocycles. The lowest BCUT2D eigenvalue weighted by Gasteiger charge is -2.13. The van der Waals surface area contributed by atoms with E-state index in [0.717, 1.165) is 32.3 Å². The third-order valence-corrected chi connectivity index (χ3v) is 3.84. The molecular weight excluding hydrogens is 328 g/mol. The van der Waals surface area contributed by atoms with Crippen LogP contribution in [-0.4, -0.2) is 4.98 Å². The van der Waals surface area contributed by atoms with Gasteiger partial charge in [-0.05, 0) is 29.8 Å². The van der Waals surface area contributed by atoms with Crippen molar-refractivity contribution in [1.82, 2.24) is 4.98 Å². The third kappa shape index (κ3) is 3.06. The molecule has 2 N–H and O–H groups in total. The number of hydrogen-bond acceptors (Lipinski definition) is 3. The summed E-state index contributed by atoms with van der Waals surface area (Å²) in [5, 5.41) is 0.998. The molecule has 0 unspecified atom stereocenters. The van der Waals surface area contributed by atoms with Gasteiger partial charge in [-0.2, -0.15) is 0 Å². The summed E-state index contributed by atoms with van der Waals surface area (Å²) in [4.78, 5) is 4.41. The molecule has 0 saturated carbocycles. The molecule has 1 heterocycles. The van der Waals surface area contributed by atoms with E-state index in [0.29, 0.717) is 13.2 Å². The lowest BCUT2D eigenvalue weighted by molar-refractivity contribution is 0.306. The number of ether oxygens (including phenoxy) is 1. The summed E-state index contributed by atoms with van der Waals surface area (Å²) in [5.74, 6) is 0.825. The van der Waals surface area contributed by atoms with E-state index in [4.69, 9.17) is 10.5 Å². The predicted molar refractivity (Wildman–Crippen MR) is 88.1 cm³/mol. The molecule has 3 aromatic rings. The van der Waals surface area contributed by atoms with Crippen LogP contribution < -0.4 is 10.5 Å². The Kier molecular flexibility index (Phi) is 4.18. The molecule has 1 aromatic heterocycles. The Hall–Kier alpha value is -1.91. The standard InChI is InChI=1S/C17H15BrN2O/c18-14-7-5-12(6-8-14)11-21-17-13(9-19)10-20-16-4-2-1-3-15(16)17/h1-8,10H,9,11,19H2. The Morgan fingerprint density at radius 2 is 1.81 bits per heavy atom.